The molecule has 1 fully saturated rings. The molecule has 2 rings (SSSR count). The number of rotatable bonds is 1. The van der Waals surface area contributed by atoms with Crippen molar-refractivity contribution in [1.29, 1.82) is 0 Å². The smallest absolute Gasteiger partial charge is 0.179 e. The van der Waals surface area contributed by atoms with Crippen molar-refractivity contribution in [3.63, 3.8) is 0 Å². The molecule has 0 amide bonds. The lowest BCUT2D eigenvalue weighted by atomic mass is 9.72. The van der Waals surface area contributed by atoms with E-state index in [1.165, 1.54) is 0 Å². The number of halogens is 2. The van der Waals surface area contributed by atoms with Gasteiger partial charge in [0.25, 0.3) is 0 Å². The van der Waals surface area contributed by atoms with Crippen LogP contribution in [0.1, 0.15) is 24.8 Å². The van der Waals surface area contributed by atoms with E-state index in [-0.39, 0.29) is 10.2 Å². The maximum atomic E-state index is 13.3. The van der Waals surface area contributed by atoms with Crippen LogP contribution in [0.3, 0.4) is 0 Å². The Balaban J connectivity index is 2.49. The number of hydrogen-bond donors (Lipinski definition) is 2. The van der Waals surface area contributed by atoms with Crippen molar-refractivity contribution in [2.24, 2.45) is 5.73 Å². The Bertz CT molecular complexity index is 377. The molecular weight excluding hydrogens is 249 g/mol. The van der Waals surface area contributed by atoms with E-state index in [9.17, 15) is 9.50 Å². The standard InChI is InChI=1S/C10H11BrFNO/c11-7-3-2-6(9(14)8(7)12)10(13)4-1-5-10/h2-3,14H,1,4-5,13H2. The Morgan fingerprint density at radius 2 is 2.07 bits per heavy atom. The molecule has 1 aliphatic rings. The van der Waals surface area contributed by atoms with Gasteiger partial charge in [-0.1, -0.05) is 6.07 Å². The molecule has 3 N–H and O–H groups in total. The maximum absolute atomic E-state index is 13.3. The van der Waals surface area contributed by atoms with Gasteiger partial charge in [-0.3, -0.25) is 0 Å². The van der Waals surface area contributed by atoms with Crippen LogP contribution in [-0.2, 0) is 5.54 Å². The largest absolute Gasteiger partial charge is 0.505 e. The van der Waals surface area contributed by atoms with Gasteiger partial charge in [-0.2, -0.15) is 0 Å². The highest BCUT2D eigenvalue weighted by atomic mass is 79.9. The van der Waals surface area contributed by atoms with E-state index < -0.39 is 11.4 Å². The molecule has 0 aromatic heterocycles. The van der Waals surface area contributed by atoms with Crippen LogP contribution >= 0.6 is 15.9 Å². The van der Waals surface area contributed by atoms with Crippen LogP contribution in [0.2, 0.25) is 0 Å². The molecule has 0 bridgehead atoms. The first-order valence-electron chi connectivity index (χ1n) is 4.51. The summed E-state index contributed by atoms with van der Waals surface area (Å²) in [5, 5.41) is 9.59. The maximum Gasteiger partial charge on any atom is 0.179 e. The lowest BCUT2D eigenvalue weighted by Crippen LogP contribution is -2.43. The average Bonchev–Trinajstić information content (AvgIpc) is 2.11. The molecule has 0 heterocycles. The zero-order valence-corrected chi connectivity index (χ0v) is 9.14. The van der Waals surface area contributed by atoms with Crippen molar-refractivity contribution >= 4 is 15.9 Å². The Labute approximate surface area is 90.1 Å². The molecule has 14 heavy (non-hydrogen) atoms. The third kappa shape index (κ3) is 1.33. The SMILES string of the molecule is NC1(c2ccc(Br)c(F)c2O)CCC1. The summed E-state index contributed by atoms with van der Waals surface area (Å²) in [6, 6.07) is 3.26. The first-order chi connectivity index (χ1) is 6.54. The number of phenols is 1. The van der Waals surface area contributed by atoms with Gasteiger partial charge in [-0.15, -0.1) is 0 Å². The molecule has 1 aromatic carbocycles. The first-order valence-corrected chi connectivity index (χ1v) is 5.30. The molecule has 0 spiro atoms. The predicted octanol–water partition coefficient (Wildman–Crippen LogP) is 2.63. The number of hydrogen-bond acceptors (Lipinski definition) is 2. The highest BCUT2D eigenvalue weighted by Crippen LogP contribution is 2.44. The number of phenolic OH excluding ortho intramolecular Hbond substituents is 1. The Kier molecular flexibility index (Phi) is 2.27. The van der Waals surface area contributed by atoms with E-state index in [0.29, 0.717) is 5.56 Å². The third-order valence-electron chi connectivity index (χ3n) is 2.85. The molecule has 1 aliphatic carbocycles. The topological polar surface area (TPSA) is 46.2 Å². The van der Waals surface area contributed by atoms with Crippen LogP contribution in [0.25, 0.3) is 0 Å². The zero-order chi connectivity index (χ0) is 10.3. The number of nitrogens with two attached hydrogens (primary N) is 1. The fourth-order valence-electron chi connectivity index (χ4n) is 1.77. The number of aromatic hydroxyl groups is 1. The molecule has 0 atom stereocenters. The van der Waals surface area contributed by atoms with Crippen LogP contribution in [0.5, 0.6) is 5.75 Å². The molecular formula is C10H11BrFNO. The van der Waals surface area contributed by atoms with Gasteiger partial charge in [0, 0.05) is 11.1 Å². The van der Waals surface area contributed by atoms with Gasteiger partial charge < -0.3 is 10.8 Å². The van der Waals surface area contributed by atoms with Crippen molar-refractivity contribution in [2.75, 3.05) is 0 Å². The summed E-state index contributed by atoms with van der Waals surface area (Å²) < 4.78 is 13.6. The second-order valence-electron chi connectivity index (χ2n) is 3.77. The Hall–Kier alpha value is -0.610. The molecule has 0 aliphatic heterocycles. The van der Waals surface area contributed by atoms with Gasteiger partial charge in [0.1, 0.15) is 0 Å². The van der Waals surface area contributed by atoms with Crippen LogP contribution in [0.4, 0.5) is 4.39 Å². The fraction of sp³-hybridized carbons (Fsp3) is 0.400. The minimum Gasteiger partial charge on any atom is -0.505 e. The highest BCUT2D eigenvalue weighted by Gasteiger charge is 2.37. The Morgan fingerprint density at radius 1 is 1.43 bits per heavy atom. The summed E-state index contributed by atoms with van der Waals surface area (Å²) in [5.41, 5.74) is 6.00. The lowest BCUT2D eigenvalue weighted by Gasteiger charge is -2.38. The molecule has 0 unspecified atom stereocenters. The second-order valence-corrected chi connectivity index (χ2v) is 4.62. The minimum absolute atomic E-state index is 0.265. The van der Waals surface area contributed by atoms with Crippen molar-refractivity contribution < 1.29 is 9.50 Å². The van der Waals surface area contributed by atoms with Crippen LogP contribution in [-0.4, -0.2) is 5.11 Å². The van der Waals surface area contributed by atoms with Gasteiger partial charge >= 0.3 is 0 Å². The van der Waals surface area contributed by atoms with E-state index in [4.69, 9.17) is 5.73 Å². The first kappa shape index (κ1) is 9.93. The van der Waals surface area contributed by atoms with Crippen molar-refractivity contribution in [1.82, 2.24) is 0 Å². The summed E-state index contributed by atoms with van der Waals surface area (Å²) in [6.45, 7) is 0. The van der Waals surface area contributed by atoms with E-state index in [1.807, 2.05) is 0 Å². The van der Waals surface area contributed by atoms with E-state index in [0.717, 1.165) is 19.3 Å². The molecule has 0 radical (unpaired) electrons. The van der Waals surface area contributed by atoms with Crippen molar-refractivity contribution in [3.8, 4) is 5.75 Å². The average molecular weight is 260 g/mol. The van der Waals surface area contributed by atoms with E-state index in [2.05, 4.69) is 15.9 Å². The zero-order valence-electron chi connectivity index (χ0n) is 7.56. The van der Waals surface area contributed by atoms with Gasteiger partial charge in [0.2, 0.25) is 0 Å². The monoisotopic (exact) mass is 259 g/mol. The second kappa shape index (κ2) is 3.21. The predicted molar refractivity (Wildman–Crippen MR) is 55.5 cm³/mol. The normalized spacial score (nSPS) is 19.1. The van der Waals surface area contributed by atoms with Crippen molar-refractivity contribution in [3.05, 3.63) is 28.0 Å². The van der Waals surface area contributed by atoms with Gasteiger partial charge in [-0.05, 0) is 41.3 Å². The van der Waals surface area contributed by atoms with E-state index in [1.54, 1.807) is 12.1 Å². The lowest BCUT2D eigenvalue weighted by molar-refractivity contribution is 0.243. The minimum atomic E-state index is -0.626. The highest BCUT2D eigenvalue weighted by molar-refractivity contribution is 9.10. The molecule has 1 saturated carbocycles. The van der Waals surface area contributed by atoms with Gasteiger partial charge in [0.15, 0.2) is 11.6 Å². The summed E-state index contributed by atoms with van der Waals surface area (Å²) in [6.07, 6.45) is 2.65. The Morgan fingerprint density at radius 3 is 2.57 bits per heavy atom. The molecule has 76 valence electrons. The van der Waals surface area contributed by atoms with Crippen molar-refractivity contribution in [2.45, 2.75) is 24.8 Å². The molecule has 0 saturated heterocycles. The fourth-order valence-corrected chi connectivity index (χ4v) is 2.09. The summed E-state index contributed by atoms with van der Waals surface area (Å²) in [5.74, 6) is -0.944. The summed E-state index contributed by atoms with van der Waals surface area (Å²) in [7, 11) is 0. The van der Waals surface area contributed by atoms with Gasteiger partial charge in [0.05, 0.1) is 4.47 Å². The number of benzene rings is 1. The van der Waals surface area contributed by atoms with E-state index >= 15 is 0 Å². The summed E-state index contributed by atoms with van der Waals surface area (Å²) >= 11 is 3.01. The van der Waals surface area contributed by atoms with Crippen LogP contribution in [0.15, 0.2) is 16.6 Å². The van der Waals surface area contributed by atoms with Crippen LogP contribution in [0, 0.1) is 5.82 Å². The molecule has 4 heteroatoms. The quantitative estimate of drug-likeness (QED) is 0.815. The van der Waals surface area contributed by atoms with Crippen LogP contribution < -0.4 is 5.73 Å². The molecule has 1 aromatic rings. The van der Waals surface area contributed by atoms with Gasteiger partial charge in [-0.25, -0.2) is 4.39 Å². The third-order valence-corrected chi connectivity index (χ3v) is 3.46. The summed E-state index contributed by atoms with van der Waals surface area (Å²) in [4.78, 5) is 0. The molecule has 2 nitrogen and oxygen atoms in total.